The Morgan fingerprint density at radius 3 is 2.41 bits per heavy atom. The molecule has 4 rings (SSSR count). The average Bonchev–Trinajstić information content (AvgIpc) is 3.26. The molecule has 0 fully saturated rings. The number of nitrogens with zero attached hydrogens (tertiary/aromatic N) is 1. The molecule has 1 aromatic heterocycles. The maximum absolute atomic E-state index is 12.8. The van der Waals surface area contributed by atoms with E-state index in [0.717, 1.165) is 32.8 Å². The average molecular weight is 504 g/mol. The smallest absolute Gasteiger partial charge is 0.416 e. The minimum Gasteiger partial charge on any atom is -0.479 e. The van der Waals surface area contributed by atoms with Gasteiger partial charge in [0, 0.05) is 16.2 Å². The van der Waals surface area contributed by atoms with Crippen molar-refractivity contribution < 1.29 is 27.8 Å². The third-order valence-electron chi connectivity index (χ3n) is 5.10. The van der Waals surface area contributed by atoms with Crippen molar-refractivity contribution in [2.24, 2.45) is 0 Å². The lowest BCUT2D eigenvalue weighted by Gasteiger charge is -2.13. The second kappa shape index (κ2) is 10.1. The molecule has 0 amide bonds. The van der Waals surface area contributed by atoms with Gasteiger partial charge in [0.05, 0.1) is 15.8 Å². The van der Waals surface area contributed by atoms with Gasteiger partial charge in [-0.1, -0.05) is 31.2 Å². The molecule has 0 bridgehead atoms. The molecule has 0 spiro atoms. The minimum absolute atomic E-state index is 0.373. The van der Waals surface area contributed by atoms with Crippen molar-refractivity contribution in [2.45, 2.75) is 36.3 Å². The Morgan fingerprint density at radius 2 is 1.79 bits per heavy atom. The number of carboxylic acid groups (broad SMARTS) is 1. The summed E-state index contributed by atoms with van der Waals surface area (Å²) in [6.07, 6.45) is -4.87. The third-order valence-corrected chi connectivity index (χ3v) is 7.23. The van der Waals surface area contributed by atoms with Crippen LogP contribution in [-0.4, -0.2) is 22.2 Å². The lowest BCUT2D eigenvalue weighted by atomic mass is 10.1. The summed E-state index contributed by atoms with van der Waals surface area (Å²) in [7, 11) is 0. The largest absolute Gasteiger partial charge is 0.479 e. The van der Waals surface area contributed by atoms with Crippen LogP contribution in [0.1, 0.15) is 24.5 Å². The number of hydrogen-bond donors (Lipinski definition) is 1. The number of carbonyl (C=O) groups is 1. The van der Waals surface area contributed by atoms with Crippen LogP contribution in [0, 0.1) is 0 Å². The van der Waals surface area contributed by atoms with Gasteiger partial charge in [-0.15, -0.1) is 23.1 Å². The molecule has 176 valence electrons. The standard InChI is InChI=1S/C25H20F3NO3S2/c1-2-20(24(30)31)32-18-10-12-19(13-11-18)33-14-16-4-3-5-21-22(16)29-23(34-21)15-6-8-17(9-7-15)25(26,27)28/h3-13,20H,2,14H2,1H3,(H,30,31). The van der Waals surface area contributed by atoms with Gasteiger partial charge in [0.15, 0.2) is 6.10 Å². The predicted octanol–water partition coefficient (Wildman–Crippen LogP) is 7.52. The summed E-state index contributed by atoms with van der Waals surface area (Å²) in [4.78, 5) is 16.8. The molecule has 1 unspecified atom stereocenters. The molecule has 9 heteroatoms. The second-order valence-corrected chi connectivity index (χ2v) is 9.55. The van der Waals surface area contributed by atoms with Crippen molar-refractivity contribution in [1.82, 2.24) is 4.98 Å². The number of fused-ring (bicyclic) bond motifs is 1. The van der Waals surface area contributed by atoms with Gasteiger partial charge >= 0.3 is 12.1 Å². The second-order valence-electron chi connectivity index (χ2n) is 7.47. The summed E-state index contributed by atoms with van der Waals surface area (Å²) in [5.74, 6) is 0.162. The van der Waals surface area contributed by atoms with Gasteiger partial charge in [0.25, 0.3) is 0 Å². The first-order valence-electron chi connectivity index (χ1n) is 10.4. The van der Waals surface area contributed by atoms with E-state index in [2.05, 4.69) is 0 Å². The lowest BCUT2D eigenvalue weighted by Crippen LogP contribution is -2.25. The van der Waals surface area contributed by atoms with Crippen LogP contribution in [0.2, 0.25) is 0 Å². The highest BCUT2D eigenvalue weighted by Crippen LogP contribution is 2.36. The van der Waals surface area contributed by atoms with E-state index in [1.54, 1.807) is 30.8 Å². The fourth-order valence-electron chi connectivity index (χ4n) is 3.30. The molecule has 34 heavy (non-hydrogen) atoms. The van der Waals surface area contributed by atoms with E-state index >= 15 is 0 Å². The molecule has 0 aliphatic carbocycles. The summed E-state index contributed by atoms with van der Waals surface area (Å²) < 4.78 is 45.0. The van der Waals surface area contributed by atoms with E-state index in [-0.39, 0.29) is 0 Å². The van der Waals surface area contributed by atoms with E-state index < -0.39 is 23.8 Å². The molecule has 0 radical (unpaired) electrons. The Labute approximate surface area is 202 Å². The van der Waals surface area contributed by atoms with E-state index in [0.29, 0.717) is 28.5 Å². The molecule has 3 aromatic carbocycles. The van der Waals surface area contributed by atoms with Crippen molar-refractivity contribution in [3.05, 3.63) is 77.9 Å². The molecule has 0 aliphatic heterocycles. The Bertz CT molecular complexity index is 1290. The number of thioether (sulfide) groups is 1. The number of thiazole rings is 1. The summed E-state index contributed by atoms with van der Waals surface area (Å²) in [6, 6.07) is 18.2. The quantitative estimate of drug-likeness (QED) is 0.252. The van der Waals surface area contributed by atoms with Crippen molar-refractivity contribution in [3.63, 3.8) is 0 Å². The fraction of sp³-hybridized carbons (Fsp3) is 0.200. The van der Waals surface area contributed by atoms with Gasteiger partial charge in [-0.3, -0.25) is 0 Å². The number of hydrogen-bond acceptors (Lipinski definition) is 5. The summed E-state index contributed by atoms with van der Waals surface area (Å²) >= 11 is 3.05. The first-order chi connectivity index (χ1) is 16.2. The maximum Gasteiger partial charge on any atom is 0.416 e. The van der Waals surface area contributed by atoms with Gasteiger partial charge in [0.1, 0.15) is 10.8 Å². The van der Waals surface area contributed by atoms with E-state index in [4.69, 9.17) is 14.8 Å². The van der Waals surface area contributed by atoms with Crippen LogP contribution in [0.15, 0.2) is 71.6 Å². The van der Waals surface area contributed by atoms with Crippen molar-refractivity contribution >= 4 is 39.3 Å². The van der Waals surface area contributed by atoms with Gasteiger partial charge < -0.3 is 9.84 Å². The molecule has 4 aromatic rings. The lowest BCUT2D eigenvalue weighted by molar-refractivity contribution is -0.145. The van der Waals surface area contributed by atoms with Gasteiger partial charge in [-0.25, -0.2) is 9.78 Å². The van der Waals surface area contributed by atoms with Crippen LogP contribution in [0.25, 0.3) is 20.8 Å². The molecule has 0 saturated carbocycles. The molecule has 1 N–H and O–H groups in total. The van der Waals surface area contributed by atoms with Gasteiger partial charge in [-0.2, -0.15) is 13.2 Å². The number of para-hydroxylation sites is 1. The summed E-state index contributed by atoms with van der Waals surface area (Å²) in [5, 5.41) is 9.80. The molecule has 0 saturated heterocycles. The SMILES string of the molecule is CCC(Oc1ccc(SCc2cccc3sc(-c4ccc(C(F)(F)F)cc4)nc23)cc1)C(=O)O. The zero-order valence-corrected chi connectivity index (χ0v) is 19.6. The molecule has 4 nitrogen and oxygen atoms in total. The van der Waals surface area contributed by atoms with Crippen molar-refractivity contribution in [3.8, 4) is 16.3 Å². The molecular formula is C25H20F3NO3S2. The number of aromatic nitrogens is 1. The van der Waals surface area contributed by atoms with Gasteiger partial charge in [0.2, 0.25) is 0 Å². The van der Waals surface area contributed by atoms with Crippen LogP contribution in [0.5, 0.6) is 5.75 Å². The van der Waals surface area contributed by atoms with E-state index in [9.17, 15) is 18.0 Å². The number of rotatable bonds is 8. The summed E-state index contributed by atoms with van der Waals surface area (Å²) in [6.45, 7) is 1.76. The van der Waals surface area contributed by atoms with E-state index in [1.165, 1.54) is 23.5 Å². The van der Waals surface area contributed by atoms with Gasteiger partial charge in [-0.05, 0) is 54.4 Å². The molecule has 1 atom stereocenters. The van der Waals surface area contributed by atoms with Crippen molar-refractivity contribution in [2.75, 3.05) is 0 Å². The number of benzene rings is 3. The number of ether oxygens (including phenoxy) is 1. The highest BCUT2D eigenvalue weighted by molar-refractivity contribution is 7.98. The van der Waals surface area contributed by atoms with E-state index in [1.807, 2.05) is 30.3 Å². The topological polar surface area (TPSA) is 59.4 Å². The number of carboxylic acids is 1. The Kier molecular flexibility index (Phi) is 7.13. The van der Waals surface area contributed by atoms with Crippen LogP contribution in [0.4, 0.5) is 13.2 Å². The normalized spacial score (nSPS) is 12.6. The fourth-order valence-corrected chi connectivity index (χ4v) is 5.20. The first kappa shape index (κ1) is 24.1. The zero-order valence-electron chi connectivity index (χ0n) is 18.0. The van der Waals surface area contributed by atoms with Crippen LogP contribution >= 0.6 is 23.1 Å². The third kappa shape index (κ3) is 5.53. The first-order valence-corrected chi connectivity index (χ1v) is 12.2. The van der Waals surface area contributed by atoms with Crippen molar-refractivity contribution in [1.29, 1.82) is 0 Å². The van der Waals surface area contributed by atoms with Crippen LogP contribution in [-0.2, 0) is 16.7 Å². The molecule has 1 heterocycles. The highest BCUT2D eigenvalue weighted by atomic mass is 32.2. The maximum atomic E-state index is 12.8. The monoisotopic (exact) mass is 503 g/mol. The zero-order chi connectivity index (χ0) is 24.3. The van der Waals surface area contributed by atoms with Crippen LogP contribution in [0.3, 0.4) is 0 Å². The Morgan fingerprint density at radius 1 is 1.09 bits per heavy atom. The Hall–Kier alpha value is -3.04. The number of alkyl halides is 3. The number of halogens is 3. The minimum atomic E-state index is -4.37. The molecule has 0 aliphatic rings. The number of aliphatic carboxylic acids is 1. The summed E-state index contributed by atoms with van der Waals surface area (Å²) in [5.41, 5.74) is 1.82. The van der Waals surface area contributed by atoms with Crippen LogP contribution < -0.4 is 4.74 Å². The Balaban J connectivity index is 1.48. The predicted molar refractivity (Wildman–Crippen MR) is 128 cm³/mol. The molecular weight excluding hydrogens is 483 g/mol. The highest BCUT2D eigenvalue weighted by Gasteiger charge is 2.30.